The van der Waals surface area contributed by atoms with Gasteiger partial charge in [-0.3, -0.25) is 4.98 Å². The van der Waals surface area contributed by atoms with E-state index < -0.39 is 10.0 Å². The van der Waals surface area contributed by atoms with E-state index in [-0.39, 0.29) is 10.3 Å². The van der Waals surface area contributed by atoms with E-state index >= 15 is 0 Å². The first-order chi connectivity index (χ1) is 8.27. The molecule has 0 fully saturated rings. The number of nitrogens with one attached hydrogen (secondary N) is 1. The second-order valence-electron chi connectivity index (χ2n) is 4.77. The van der Waals surface area contributed by atoms with Gasteiger partial charge in [0.15, 0.2) is 0 Å². The van der Waals surface area contributed by atoms with Crippen molar-refractivity contribution in [2.24, 2.45) is 5.41 Å². The highest BCUT2D eigenvalue weighted by atomic mass is 79.9. The van der Waals surface area contributed by atoms with Crippen LogP contribution in [0, 0.1) is 5.41 Å². The van der Waals surface area contributed by atoms with Gasteiger partial charge in [0.1, 0.15) is 4.90 Å². The Morgan fingerprint density at radius 2 is 2.06 bits per heavy atom. The highest BCUT2D eigenvalue weighted by molar-refractivity contribution is 9.10. The minimum Gasteiger partial charge on any atom is -0.262 e. The van der Waals surface area contributed by atoms with Crippen molar-refractivity contribution >= 4 is 41.9 Å². The van der Waals surface area contributed by atoms with Gasteiger partial charge in [-0.05, 0) is 33.8 Å². The number of halogens is 2. The van der Waals surface area contributed by atoms with Crippen LogP contribution in [0.25, 0.3) is 0 Å². The quantitative estimate of drug-likeness (QED) is 0.748. The topological polar surface area (TPSA) is 59.1 Å². The Morgan fingerprint density at radius 3 is 2.61 bits per heavy atom. The van der Waals surface area contributed by atoms with Crippen molar-refractivity contribution in [3.05, 3.63) is 22.9 Å². The first-order valence-electron chi connectivity index (χ1n) is 5.43. The Morgan fingerprint density at radius 1 is 1.39 bits per heavy atom. The van der Waals surface area contributed by atoms with Crippen LogP contribution in [-0.4, -0.2) is 25.3 Å². The summed E-state index contributed by atoms with van der Waals surface area (Å²) in [5.74, 6) is 0. The van der Waals surface area contributed by atoms with Gasteiger partial charge < -0.3 is 0 Å². The largest absolute Gasteiger partial charge is 0.262 e. The molecule has 1 heterocycles. The molecule has 1 N–H and O–H groups in total. The summed E-state index contributed by atoms with van der Waals surface area (Å²) in [6.07, 6.45) is 3.78. The van der Waals surface area contributed by atoms with E-state index in [1.165, 1.54) is 12.3 Å². The van der Waals surface area contributed by atoms with Gasteiger partial charge >= 0.3 is 0 Å². The summed E-state index contributed by atoms with van der Waals surface area (Å²) in [5, 5.41) is 0.847. The molecule has 0 atom stereocenters. The van der Waals surface area contributed by atoms with Gasteiger partial charge in [0, 0.05) is 28.7 Å². The van der Waals surface area contributed by atoms with Crippen LogP contribution in [0.15, 0.2) is 27.8 Å². The number of rotatable bonds is 6. The molecule has 0 aromatic carbocycles. The fraction of sp³-hybridized carbons (Fsp3) is 0.545. The molecule has 1 rings (SSSR count). The number of sulfonamides is 1. The van der Waals surface area contributed by atoms with Gasteiger partial charge in [-0.25, -0.2) is 13.1 Å². The monoisotopic (exact) mass is 398 g/mol. The van der Waals surface area contributed by atoms with E-state index in [4.69, 9.17) is 0 Å². The Labute approximate surface area is 125 Å². The normalized spacial score (nSPS) is 12.7. The van der Waals surface area contributed by atoms with E-state index in [0.717, 1.165) is 11.8 Å². The Kier molecular flexibility index (Phi) is 5.76. The van der Waals surface area contributed by atoms with Crippen LogP contribution >= 0.6 is 31.9 Å². The second kappa shape index (κ2) is 6.45. The highest BCUT2D eigenvalue weighted by Gasteiger charge is 2.22. The molecule has 1 aromatic rings. The summed E-state index contributed by atoms with van der Waals surface area (Å²) in [5.41, 5.74) is -0.0873. The first kappa shape index (κ1) is 16.1. The molecule has 0 aliphatic rings. The fourth-order valence-corrected chi connectivity index (χ4v) is 4.08. The molecule has 18 heavy (non-hydrogen) atoms. The van der Waals surface area contributed by atoms with Crippen LogP contribution in [0.1, 0.15) is 20.3 Å². The average molecular weight is 400 g/mol. The standard InChI is InChI=1S/C11H16Br2N2O2S/c1-11(2,3-4-12)8-15-18(16,17)10-5-9(13)6-14-7-10/h5-7,15H,3-4,8H2,1-2H3. The molecule has 0 aliphatic carbocycles. The van der Waals surface area contributed by atoms with E-state index in [2.05, 4.69) is 41.6 Å². The SMILES string of the molecule is CC(C)(CCBr)CNS(=O)(=O)c1cncc(Br)c1. The molecule has 0 bridgehead atoms. The maximum atomic E-state index is 12.1. The van der Waals surface area contributed by atoms with Gasteiger partial charge in [-0.2, -0.15) is 0 Å². The van der Waals surface area contributed by atoms with Crippen molar-refractivity contribution < 1.29 is 8.42 Å². The molecular formula is C11H16Br2N2O2S. The zero-order valence-corrected chi connectivity index (χ0v) is 14.3. The highest BCUT2D eigenvalue weighted by Crippen LogP contribution is 2.21. The molecular weight excluding hydrogens is 384 g/mol. The van der Waals surface area contributed by atoms with Crippen LogP contribution < -0.4 is 4.72 Å². The number of pyridine rings is 1. The molecule has 0 unspecified atom stereocenters. The Bertz CT molecular complexity index is 504. The maximum Gasteiger partial charge on any atom is 0.242 e. The van der Waals surface area contributed by atoms with Crippen LogP contribution in [0.4, 0.5) is 0 Å². The van der Waals surface area contributed by atoms with Crippen LogP contribution in [0.2, 0.25) is 0 Å². The van der Waals surface area contributed by atoms with Crippen molar-refractivity contribution in [2.75, 3.05) is 11.9 Å². The van der Waals surface area contributed by atoms with E-state index in [0.29, 0.717) is 11.0 Å². The van der Waals surface area contributed by atoms with Crippen LogP contribution in [0.5, 0.6) is 0 Å². The zero-order chi connectivity index (χ0) is 13.8. The minimum atomic E-state index is -3.49. The second-order valence-corrected chi connectivity index (χ2v) is 8.24. The molecule has 0 radical (unpaired) electrons. The Balaban J connectivity index is 2.78. The zero-order valence-electron chi connectivity index (χ0n) is 10.3. The number of alkyl halides is 1. The lowest BCUT2D eigenvalue weighted by atomic mass is 9.91. The molecule has 0 amide bonds. The predicted molar refractivity (Wildman–Crippen MR) is 79.3 cm³/mol. The van der Waals surface area contributed by atoms with Gasteiger partial charge in [0.2, 0.25) is 10.0 Å². The van der Waals surface area contributed by atoms with E-state index in [9.17, 15) is 8.42 Å². The molecule has 0 saturated heterocycles. The molecule has 0 saturated carbocycles. The lowest BCUT2D eigenvalue weighted by Gasteiger charge is -2.23. The number of aromatic nitrogens is 1. The maximum absolute atomic E-state index is 12.1. The van der Waals surface area contributed by atoms with Crippen molar-refractivity contribution in [1.29, 1.82) is 0 Å². The van der Waals surface area contributed by atoms with E-state index in [1.54, 1.807) is 6.20 Å². The smallest absolute Gasteiger partial charge is 0.242 e. The number of hydrogen-bond acceptors (Lipinski definition) is 3. The lowest BCUT2D eigenvalue weighted by molar-refractivity contribution is 0.354. The molecule has 102 valence electrons. The van der Waals surface area contributed by atoms with Gasteiger partial charge in [-0.15, -0.1) is 0 Å². The summed E-state index contributed by atoms with van der Waals surface area (Å²) in [6.45, 7) is 4.44. The number of nitrogens with zero attached hydrogens (tertiary/aromatic N) is 1. The third-order valence-electron chi connectivity index (χ3n) is 2.50. The van der Waals surface area contributed by atoms with Crippen LogP contribution in [0.3, 0.4) is 0 Å². The summed E-state index contributed by atoms with van der Waals surface area (Å²) in [7, 11) is -3.49. The molecule has 4 nitrogen and oxygen atoms in total. The first-order valence-corrected chi connectivity index (χ1v) is 8.83. The molecule has 0 aliphatic heterocycles. The van der Waals surface area contributed by atoms with Crippen molar-refractivity contribution in [1.82, 2.24) is 9.71 Å². The minimum absolute atomic E-state index is 0.0873. The van der Waals surface area contributed by atoms with Gasteiger partial charge in [0.25, 0.3) is 0 Å². The lowest BCUT2D eigenvalue weighted by Crippen LogP contribution is -2.34. The summed E-state index contributed by atoms with van der Waals surface area (Å²) in [4.78, 5) is 4.03. The van der Waals surface area contributed by atoms with E-state index in [1.807, 2.05) is 13.8 Å². The fourth-order valence-electron chi connectivity index (χ4n) is 1.26. The third-order valence-corrected chi connectivity index (χ3v) is 4.70. The molecule has 1 aromatic heterocycles. The van der Waals surface area contributed by atoms with Crippen molar-refractivity contribution in [2.45, 2.75) is 25.2 Å². The molecule has 7 heteroatoms. The molecule has 0 spiro atoms. The van der Waals surface area contributed by atoms with Crippen molar-refractivity contribution in [3.8, 4) is 0 Å². The van der Waals surface area contributed by atoms with Crippen LogP contribution in [-0.2, 0) is 10.0 Å². The average Bonchev–Trinajstić information content (AvgIpc) is 2.27. The third kappa shape index (κ3) is 4.95. The summed E-state index contributed by atoms with van der Waals surface area (Å²) < 4.78 is 27.4. The summed E-state index contributed by atoms with van der Waals surface area (Å²) >= 11 is 6.58. The van der Waals surface area contributed by atoms with Crippen molar-refractivity contribution in [3.63, 3.8) is 0 Å². The van der Waals surface area contributed by atoms with Gasteiger partial charge in [0.05, 0.1) is 0 Å². The van der Waals surface area contributed by atoms with Gasteiger partial charge in [-0.1, -0.05) is 29.8 Å². The number of hydrogen-bond donors (Lipinski definition) is 1. The summed E-state index contributed by atoms with van der Waals surface area (Å²) in [6, 6.07) is 1.53. The Hall–Kier alpha value is 0.0200. The predicted octanol–water partition coefficient (Wildman–Crippen LogP) is 2.93.